The Morgan fingerprint density at radius 1 is 1.06 bits per heavy atom. The molecule has 32 heavy (non-hydrogen) atoms. The van der Waals surface area contributed by atoms with Crippen molar-refractivity contribution >= 4 is 24.0 Å². The summed E-state index contributed by atoms with van der Waals surface area (Å²) in [5, 5.41) is 5.41. The number of esters is 1. The molecule has 0 radical (unpaired) electrons. The molecule has 2 heterocycles. The van der Waals surface area contributed by atoms with Crippen LogP contribution in [0.25, 0.3) is 5.69 Å². The molecule has 6 rings (SSSR count). The van der Waals surface area contributed by atoms with Crippen molar-refractivity contribution in [1.29, 1.82) is 0 Å². The Morgan fingerprint density at radius 2 is 1.69 bits per heavy atom. The van der Waals surface area contributed by atoms with Gasteiger partial charge in [-0.05, 0) is 56.7 Å². The zero-order valence-corrected chi connectivity index (χ0v) is 18.3. The van der Waals surface area contributed by atoms with E-state index in [1.54, 1.807) is 18.3 Å². The maximum Gasteiger partial charge on any atom is 0.339 e. The molecular formula is C25H25N3O4. The number of para-hydroxylation sites is 1. The van der Waals surface area contributed by atoms with Crippen LogP contribution in [0.15, 0.2) is 47.6 Å². The van der Waals surface area contributed by atoms with Gasteiger partial charge in [0.15, 0.2) is 0 Å². The van der Waals surface area contributed by atoms with Crippen LogP contribution >= 0.6 is 0 Å². The van der Waals surface area contributed by atoms with Crippen molar-refractivity contribution in [2.24, 2.45) is 28.8 Å². The first kappa shape index (κ1) is 20.4. The number of aromatic nitrogens is 1. The van der Waals surface area contributed by atoms with E-state index >= 15 is 0 Å². The van der Waals surface area contributed by atoms with E-state index in [0.717, 1.165) is 34.8 Å². The van der Waals surface area contributed by atoms with Crippen LogP contribution < -0.4 is 0 Å². The molecule has 164 valence electrons. The standard InChI is InChI=1S/C25H25N3O4/c1-14-12-18(15(2)27(14)20-7-5-4-6-19(20)25(31)32-3)13-26-28-23(29)21-16-8-9-17(11-10-16)22(21)24(28)30/h4-9,12-13,16-17,21-22H,10-11H2,1-3H3/b26-13-/t16-,17-,21-,22-/m0/s1. The van der Waals surface area contributed by atoms with Gasteiger partial charge < -0.3 is 9.30 Å². The molecule has 1 aromatic heterocycles. The summed E-state index contributed by atoms with van der Waals surface area (Å²) in [7, 11) is 1.36. The zero-order chi connectivity index (χ0) is 22.6. The van der Waals surface area contributed by atoms with Gasteiger partial charge in [0.05, 0.1) is 36.4 Å². The normalized spacial score (nSPS) is 26.3. The molecule has 1 aromatic carbocycles. The Hall–Kier alpha value is -3.48. The third-order valence-corrected chi connectivity index (χ3v) is 7.07. The highest BCUT2D eigenvalue weighted by atomic mass is 16.5. The number of allylic oxidation sites excluding steroid dienone is 2. The molecule has 1 aliphatic heterocycles. The number of hydrazone groups is 1. The van der Waals surface area contributed by atoms with E-state index in [0.29, 0.717) is 11.3 Å². The quantitative estimate of drug-likeness (QED) is 0.322. The number of benzene rings is 1. The Bertz CT molecular complexity index is 1160. The first-order valence-electron chi connectivity index (χ1n) is 10.9. The number of ether oxygens (including phenoxy) is 1. The molecular weight excluding hydrogens is 406 g/mol. The van der Waals surface area contributed by atoms with Crippen molar-refractivity contribution in [3.05, 3.63) is 65.0 Å². The summed E-state index contributed by atoms with van der Waals surface area (Å²) < 4.78 is 6.88. The molecule has 3 aliphatic carbocycles. The lowest BCUT2D eigenvalue weighted by Gasteiger charge is -2.37. The van der Waals surface area contributed by atoms with Gasteiger partial charge >= 0.3 is 5.97 Å². The van der Waals surface area contributed by atoms with Crippen LogP contribution in [-0.4, -0.2) is 40.7 Å². The van der Waals surface area contributed by atoms with Crippen LogP contribution in [-0.2, 0) is 14.3 Å². The van der Waals surface area contributed by atoms with Crippen molar-refractivity contribution in [1.82, 2.24) is 9.58 Å². The highest BCUT2D eigenvalue weighted by Gasteiger charge is 2.56. The van der Waals surface area contributed by atoms with Crippen LogP contribution in [0.2, 0.25) is 0 Å². The van der Waals surface area contributed by atoms with Crippen molar-refractivity contribution in [2.45, 2.75) is 26.7 Å². The molecule has 2 bridgehead atoms. The highest BCUT2D eigenvalue weighted by Crippen LogP contribution is 2.49. The van der Waals surface area contributed by atoms with Gasteiger partial charge in [0, 0.05) is 17.0 Å². The fourth-order valence-corrected chi connectivity index (χ4v) is 5.53. The SMILES string of the molecule is COC(=O)c1ccccc1-n1c(C)cc(/C=N\N2C(=O)[C@@H]3[C@@H](C2=O)[C@H]2C=C[C@H]3CC2)c1C. The summed E-state index contributed by atoms with van der Waals surface area (Å²) >= 11 is 0. The van der Waals surface area contributed by atoms with Gasteiger partial charge in [0.25, 0.3) is 11.8 Å². The molecule has 0 spiro atoms. The third kappa shape index (κ3) is 2.95. The molecule has 4 aliphatic rings. The van der Waals surface area contributed by atoms with E-state index in [1.807, 2.05) is 36.6 Å². The minimum atomic E-state index is -0.414. The van der Waals surface area contributed by atoms with Crippen LogP contribution in [0.3, 0.4) is 0 Å². The van der Waals surface area contributed by atoms with Gasteiger partial charge in [-0.15, -0.1) is 0 Å². The summed E-state index contributed by atoms with van der Waals surface area (Å²) in [5.74, 6) is -1.07. The fraction of sp³-hybridized carbons (Fsp3) is 0.360. The van der Waals surface area contributed by atoms with E-state index in [4.69, 9.17) is 4.74 Å². The molecule has 1 saturated carbocycles. The van der Waals surface area contributed by atoms with Crippen LogP contribution in [0.4, 0.5) is 0 Å². The molecule has 1 saturated heterocycles. The number of rotatable bonds is 4. The van der Waals surface area contributed by atoms with Crippen molar-refractivity contribution < 1.29 is 19.1 Å². The van der Waals surface area contributed by atoms with Crippen LogP contribution in [0.5, 0.6) is 0 Å². The summed E-state index contributed by atoms with van der Waals surface area (Å²) in [6, 6.07) is 9.15. The number of carbonyl (C=O) groups excluding carboxylic acids is 3. The number of imide groups is 1. The molecule has 2 amide bonds. The van der Waals surface area contributed by atoms with Crippen LogP contribution in [0, 0.1) is 37.5 Å². The van der Waals surface area contributed by atoms with Crippen LogP contribution in [0.1, 0.15) is 40.2 Å². The van der Waals surface area contributed by atoms with E-state index in [-0.39, 0.29) is 35.5 Å². The number of methoxy groups -OCH3 is 1. The summed E-state index contributed by atoms with van der Waals surface area (Å²) in [4.78, 5) is 38.2. The van der Waals surface area contributed by atoms with Gasteiger partial charge in [0.2, 0.25) is 0 Å². The van der Waals surface area contributed by atoms with Gasteiger partial charge in [-0.1, -0.05) is 24.3 Å². The average molecular weight is 431 g/mol. The average Bonchev–Trinajstić information content (AvgIpc) is 3.25. The molecule has 7 heteroatoms. The predicted octanol–water partition coefficient (Wildman–Crippen LogP) is 3.41. The first-order chi connectivity index (χ1) is 15.4. The second-order valence-corrected chi connectivity index (χ2v) is 8.74. The van der Waals surface area contributed by atoms with Crippen molar-refractivity contribution in [3.8, 4) is 5.69 Å². The Labute approximate surface area is 186 Å². The van der Waals surface area contributed by atoms with E-state index in [2.05, 4.69) is 17.3 Å². The summed E-state index contributed by atoms with van der Waals surface area (Å²) in [6.45, 7) is 3.85. The number of hydrogen-bond acceptors (Lipinski definition) is 5. The maximum atomic E-state index is 13.0. The number of carbonyl (C=O) groups is 3. The van der Waals surface area contributed by atoms with E-state index in [9.17, 15) is 14.4 Å². The molecule has 0 unspecified atom stereocenters. The smallest absolute Gasteiger partial charge is 0.339 e. The minimum absolute atomic E-state index is 0.140. The van der Waals surface area contributed by atoms with E-state index < -0.39 is 5.97 Å². The number of aryl methyl sites for hydroxylation is 1. The zero-order valence-electron chi connectivity index (χ0n) is 18.3. The summed E-state index contributed by atoms with van der Waals surface area (Å²) in [5.41, 5.74) is 3.68. The molecule has 0 N–H and O–H groups in total. The second-order valence-electron chi connectivity index (χ2n) is 8.74. The van der Waals surface area contributed by atoms with E-state index in [1.165, 1.54) is 7.11 Å². The highest BCUT2D eigenvalue weighted by molar-refractivity contribution is 6.06. The van der Waals surface area contributed by atoms with Crippen molar-refractivity contribution in [2.75, 3.05) is 7.11 Å². The van der Waals surface area contributed by atoms with Gasteiger partial charge in [-0.2, -0.15) is 10.1 Å². The Kier molecular flexibility index (Phi) is 4.84. The lowest BCUT2D eigenvalue weighted by atomic mass is 9.63. The van der Waals surface area contributed by atoms with Gasteiger partial charge in [0.1, 0.15) is 0 Å². The molecule has 2 fully saturated rings. The van der Waals surface area contributed by atoms with Gasteiger partial charge in [-0.25, -0.2) is 4.79 Å². The molecule has 7 nitrogen and oxygen atoms in total. The fourth-order valence-electron chi connectivity index (χ4n) is 5.53. The third-order valence-electron chi connectivity index (χ3n) is 7.07. The molecule has 4 atom stereocenters. The molecule has 2 aromatic rings. The van der Waals surface area contributed by atoms with Crippen molar-refractivity contribution in [3.63, 3.8) is 0 Å². The predicted molar refractivity (Wildman–Crippen MR) is 118 cm³/mol. The minimum Gasteiger partial charge on any atom is -0.465 e. The lowest BCUT2D eigenvalue weighted by molar-refractivity contribution is -0.140. The van der Waals surface area contributed by atoms with Gasteiger partial charge in [-0.3, -0.25) is 9.59 Å². The lowest BCUT2D eigenvalue weighted by Crippen LogP contribution is -2.38. The second kappa shape index (κ2) is 7.58. The maximum absolute atomic E-state index is 13.0. The monoisotopic (exact) mass is 431 g/mol. The number of nitrogens with zero attached hydrogens (tertiary/aromatic N) is 3. The number of hydrogen-bond donors (Lipinski definition) is 0. The Morgan fingerprint density at radius 3 is 2.28 bits per heavy atom. The number of amides is 2. The summed E-state index contributed by atoms with van der Waals surface area (Å²) in [6.07, 6.45) is 7.68. The number of fused-ring (bicyclic) bond motifs is 1. The Balaban J connectivity index is 1.47. The topological polar surface area (TPSA) is 81.0 Å². The largest absolute Gasteiger partial charge is 0.465 e. The first-order valence-corrected chi connectivity index (χ1v) is 10.9.